The molecule has 1 rings (SSSR count). The molecule has 0 aliphatic carbocycles. The minimum absolute atomic E-state index is 0.683. The largest absolute Gasteiger partial charge is 0.324 e. The second kappa shape index (κ2) is 21.5. The van der Waals surface area contributed by atoms with Crippen LogP contribution in [-0.2, 0) is 12.8 Å². The molecule has 150 valence electrons. The van der Waals surface area contributed by atoms with Gasteiger partial charge >= 0.3 is 0 Å². The lowest BCUT2D eigenvalue weighted by molar-refractivity contribution is 0.728. The van der Waals surface area contributed by atoms with Gasteiger partial charge in [0.05, 0.1) is 5.69 Å². The smallest absolute Gasteiger partial charge is 0.0526 e. The van der Waals surface area contributed by atoms with Crippen molar-refractivity contribution in [1.29, 1.82) is 0 Å². The topological polar surface area (TPSA) is 114 Å². The molecule has 0 amide bonds. The van der Waals surface area contributed by atoms with Crippen molar-refractivity contribution in [2.75, 3.05) is 12.0 Å². The predicted octanol–water partition coefficient (Wildman–Crippen LogP) is 3.02. The van der Waals surface area contributed by atoms with Crippen LogP contribution in [0.1, 0.15) is 44.7 Å². The molecule has 0 fully saturated rings. The summed E-state index contributed by atoms with van der Waals surface area (Å²) in [5.41, 5.74) is 8.63. The Labute approximate surface area is 164 Å². The van der Waals surface area contributed by atoms with Gasteiger partial charge in [-0.1, -0.05) is 69.0 Å². The average Bonchev–Trinajstić information content (AvgIpc) is 2.70. The molecule has 0 aromatic heterocycles. The fraction of sp³-hybridized carbons (Fsp3) is 0.381. The van der Waals surface area contributed by atoms with Gasteiger partial charge in [-0.3, -0.25) is 17.1 Å². The van der Waals surface area contributed by atoms with Crippen molar-refractivity contribution in [1.82, 2.24) is 5.43 Å². The highest BCUT2D eigenvalue weighted by Crippen LogP contribution is 2.17. The number of anilines is 1. The Kier molecular flexibility index (Phi) is 21.2. The molecule has 0 aliphatic heterocycles. The van der Waals surface area contributed by atoms with Crippen LogP contribution in [0, 0.1) is 11.8 Å². The molecule has 6 heteroatoms. The molecule has 1 aromatic carbocycles. The number of hydrogen-bond acceptors (Lipinski definition) is 6. The Balaban J connectivity index is 0. The Morgan fingerprint density at radius 2 is 1.81 bits per heavy atom. The summed E-state index contributed by atoms with van der Waals surface area (Å²) in [6.45, 7) is 9.75. The summed E-state index contributed by atoms with van der Waals surface area (Å²) in [4.78, 5) is 0. The Morgan fingerprint density at radius 3 is 2.41 bits per heavy atom. The van der Waals surface area contributed by atoms with Crippen molar-refractivity contribution in [3.8, 4) is 11.8 Å². The number of benzene rings is 1. The first kappa shape index (κ1) is 26.6. The highest BCUT2D eigenvalue weighted by atomic mass is 15.2. The maximum Gasteiger partial charge on any atom is 0.0526 e. The molecule has 0 radical (unpaired) electrons. The highest BCUT2D eigenvalue weighted by molar-refractivity contribution is 5.53. The van der Waals surface area contributed by atoms with Crippen LogP contribution in [-0.4, -0.2) is 13.3 Å². The maximum absolute atomic E-state index is 5.55. The minimum atomic E-state index is 0.683. The standard InChI is InChI=1S/C18H26N4.C2H6.CH4N2/c1-2-3-4-5-6-7-8-9-10-17-15-16(13-14-21-19)11-12-18(17)22-20;1-2;1-3-2/h3-6,11-12,15,21-22H,2,7,10,13-14,19-20H2,1H3;1-2H3;1-2H2/b4-3-,6-5-;;. The second-order valence-corrected chi connectivity index (χ2v) is 5.02. The normalized spacial score (nSPS) is 9.52. The van der Waals surface area contributed by atoms with Crippen molar-refractivity contribution < 1.29 is 0 Å². The molecule has 0 saturated heterocycles. The van der Waals surface area contributed by atoms with Crippen molar-refractivity contribution in [3.63, 3.8) is 0 Å². The monoisotopic (exact) mass is 372 g/mol. The molecule has 6 nitrogen and oxygen atoms in total. The fourth-order valence-electron chi connectivity index (χ4n) is 1.96. The maximum atomic E-state index is 5.55. The van der Waals surface area contributed by atoms with Crippen LogP contribution < -0.4 is 28.4 Å². The van der Waals surface area contributed by atoms with Crippen molar-refractivity contribution >= 4 is 12.4 Å². The van der Waals surface area contributed by atoms with Crippen LogP contribution in [0.3, 0.4) is 0 Å². The van der Waals surface area contributed by atoms with Crippen LogP contribution in [0.5, 0.6) is 0 Å². The van der Waals surface area contributed by atoms with Gasteiger partial charge in [-0.15, -0.1) is 0 Å². The molecular formula is C21H36N6. The quantitative estimate of drug-likeness (QED) is 0.158. The summed E-state index contributed by atoms with van der Waals surface area (Å²) in [6, 6.07) is 6.16. The van der Waals surface area contributed by atoms with Gasteiger partial charge in [-0.25, -0.2) is 0 Å². The van der Waals surface area contributed by atoms with Gasteiger partial charge in [0.25, 0.3) is 0 Å². The van der Waals surface area contributed by atoms with E-state index >= 15 is 0 Å². The number of nitrogen functional groups attached to an aromatic ring is 1. The Morgan fingerprint density at radius 1 is 1.15 bits per heavy atom. The third kappa shape index (κ3) is 15.4. The van der Waals surface area contributed by atoms with Gasteiger partial charge in [0.15, 0.2) is 0 Å². The van der Waals surface area contributed by atoms with Gasteiger partial charge in [0.2, 0.25) is 0 Å². The number of nitrogens with zero attached hydrogens (tertiary/aromatic N) is 1. The second-order valence-electron chi connectivity index (χ2n) is 5.02. The zero-order chi connectivity index (χ0) is 20.8. The Hall–Kier alpha value is -2.59. The lowest BCUT2D eigenvalue weighted by atomic mass is 10.0. The zero-order valence-electron chi connectivity index (χ0n) is 17.0. The molecule has 0 atom stereocenters. The molecule has 1 aromatic rings. The molecule has 0 spiro atoms. The molecule has 27 heavy (non-hydrogen) atoms. The number of allylic oxidation sites excluding steroid dienone is 4. The summed E-state index contributed by atoms with van der Waals surface area (Å²) < 4.78 is 0. The van der Waals surface area contributed by atoms with Crippen LogP contribution in [0.15, 0.2) is 47.6 Å². The van der Waals surface area contributed by atoms with E-state index < -0.39 is 0 Å². The third-order valence-corrected chi connectivity index (χ3v) is 3.13. The van der Waals surface area contributed by atoms with E-state index in [2.05, 4.69) is 65.5 Å². The predicted molar refractivity (Wildman–Crippen MR) is 120 cm³/mol. The van der Waals surface area contributed by atoms with Gasteiger partial charge in [0.1, 0.15) is 0 Å². The average molecular weight is 373 g/mol. The van der Waals surface area contributed by atoms with E-state index in [-0.39, 0.29) is 0 Å². The van der Waals surface area contributed by atoms with Gasteiger partial charge < -0.3 is 11.3 Å². The molecular weight excluding hydrogens is 336 g/mol. The van der Waals surface area contributed by atoms with E-state index in [1.54, 1.807) is 0 Å². The molecule has 0 saturated carbocycles. The van der Waals surface area contributed by atoms with E-state index in [0.29, 0.717) is 6.42 Å². The van der Waals surface area contributed by atoms with Gasteiger partial charge in [0, 0.05) is 26.1 Å². The first-order valence-corrected chi connectivity index (χ1v) is 9.18. The van der Waals surface area contributed by atoms with Crippen LogP contribution in [0.2, 0.25) is 0 Å². The molecule has 0 heterocycles. The molecule has 8 N–H and O–H groups in total. The number of nitrogens with one attached hydrogen (secondary N) is 2. The summed E-state index contributed by atoms with van der Waals surface area (Å²) in [6.07, 6.45) is 11.6. The molecule has 0 aliphatic rings. The third-order valence-electron chi connectivity index (χ3n) is 3.13. The summed E-state index contributed by atoms with van der Waals surface area (Å²) in [5, 5.41) is 2.75. The molecule has 0 unspecified atom stereocenters. The van der Waals surface area contributed by atoms with E-state index in [4.69, 9.17) is 11.7 Å². The molecule has 0 bridgehead atoms. The number of rotatable bonds is 8. The number of hydrazone groups is 1. The summed E-state index contributed by atoms with van der Waals surface area (Å²) in [5.74, 6) is 21.6. The van der Waals surface area contributed by atoms with Crippen LogP contribution >= 0.6 is 0 Å². The van der Waals surface area contributed by atoms with E-state index in [0.717, 1.165) is 37.1 Å². The van der Waals surface area contributed by atoms with Crippen molar-refractivity contribution in [2.45, 2.75) is 46.5 Å². The van der Waals surface area contributed by atoms with Gasteiger partial charge in [-0.05, 0) is 30.0 Å². The van der Waals surface area contributed by atoms with Gasteiger partial charge in [-0.2, -0.15) is 5.10 Å². The van der Waals surface area contributed by atoms with Crippen molar-refractivity contribution in [2.24, 2.45) is 22.6 Å². The van der Waals surface area contributed by atoms with E-state index in [9.17, 15) is 0 Å². The van der Waals surface area contributed by atoms with Crippen LogP contribution in [0.4, 0.5) is 5.69 Å². The summed E-state index contributed by atoms with van der Waals surface area (Å²) >= 11 is 0. The van der Waals surface area contributed by atoms with Crippen LogP contribution in [0.25, 0.3) is 0 Å². The SMILES string of the molecule is C=NN.CC.CC/C=C\C=C/CC#CCc1cc(CCNN)ccc1NN. The first-order chi connectivity index (χ1) is 13.2. The zero-order valence-corrected chi connectivity index (χ0v) is 17.0. The first-order valence-electron chi connectivity index (χ1n) is 9.18. The minimum Gasteiger partial charge on any atom is -0.324 e. The lowest BCUT2D eigenvalue weighted by Crippen LogP contribution is -2.24. The Bertz CT molecular complexity index is 596. The number of nitrogens with two attached hydrogens (primary N) is 3. The van der Waals surface area contributed by atoms with E-state index in [1.165, 1.54) is 5.56 Å². The lowest BCUT2D eigenvalue weighted by Gasteiger charge is -2.09. The van der Waals surface area contributed by atoms with E-state index in [1.807, 2.05) is 38.1 Å². The number of hydrogen-bond donors (Lipinski definition) is 5. The number of hydrazine groups is 2. The van der Waals surface area contributed by atoms with Crippen molar-refractivity contribution in [3.05, 3.63) is 53.6 Å². The summed E-state index contributed by atoms with van der Waals surface area (Å²) in [7, 11) is 0. The fourth-order valence-corrected chi connectivity index (χ4v) is 1.96. The highest BCUT2D eigenvalue weighted by Gasteiger charge is 2.01.